The van der Waals surface area contributed by atoms with E-state index < -0.39 is 23.2 Å². The Labute approximate surface area is 88.2 Å². The normalized spacial score (nSPS) is 12.6. The molecule has 1 rings (SSSR count). The highest BCUT2D eigenvalue weighted by Crippen LogP contribution is 2.31. The van der Waals surface area contributed by atoms with Gasteiger partial charge in [0, 0.05) is 5.56 Å². The fraction of sp³-hybridized carbons (Fsp3) is 0.222. The maximum Gasteiger partial charge on any atom is 0.344 e. The molecule has 0 unspecified atom stereocenters. The highest BCUT2D eigenvalue weighted by atomic mass is 19.2. The first-order valence-corrected chi connectivity index (χ1v) is 4.03. The van der Waals surface area contributed by atoms with E-state index in [-0.39, 0.29) is 11.8 Å². The molecule has 0 bridgehead atoms. The largest absolute Gasteiger partial charge is 0.344 e. The second-order valence-corrected chi connectivity index (χ2v) is 3.10. The number of alkyl halides is 2. The standard InChI is InChI=1S/C9H8F2O5/c10-8(13,14)6-2-1-5(4-12)3-7(6)9(11,15)16/h1-4,13-16H. The molecule has 0 aliphatic heterocycles. The van der Waals surface area contributed by atoms with Gasteiger partial charge in [0.05, 0.1) is 11.1 Å². The van der Waals surface area contributed by atoms with Gasteiger partial charge in [-0.15, -0.1) is 0 Å². The van der Waals surface area contributed by atoms with Crippen LogP contribution in [-0.2, 0) is 12.1 Å². The molecule has 0 amide bonds. The minimum atomic E-state index is -3.99. The minimum absolute atomic E-state index is 0.187. The molecule has 16 heavy (non-hydrogen) atoms. The van der Waals surface area contributed by atoms with E-state index in [1.807, 2.05) is 0 Å². The fourth-order valence-electron chi connectivity index (χ4n) is 1.18. The monoisotopic (exact) mass is 234 g/mol. The number of hydrogen-bond acceptors (Lipinski definition) is 5. The van der Waals surface area contributed by atoms with Crippen molar-refractivity contribution in [2.24, 2.45) is 0 Å². The van der Waals surface area contributed by atoms with Crippen molar-refractivity contribution < 1.29 is 34.0 Å². The molecule has 1 aromatic rings. The van der Waals surface area contributed by atoms with Crippen LogP contribution in [0.15, 0.2) is 18.2 Å². The van der Waals surface area contributed by atoms with Gasteiger partial charge in [-0.2, -0.15) is 8.78 Å². The molecule has 0 saturated heterocycles. The topological polar surface area (TPSA) is 98.0 Å². The number of rotatable bonds is 3. The van der Waals surface area contributed by atoms with Crippen LogP contribution in [0.5, 0.6) is 0 Å². The number of carbonyl (C=O) groups excluding carboxylic acids is 1. The predicted octanol–water partition coefficient (Wildman–Crippen LogP) is -0.372. The molecule has 0 aromatic heterocycles. The van der Waals surface area contributed by atoms with Crippen LogP contribution in [0.1, 0.15) is 21.5 Å². The van der Waals surface area contributed by atoms with Gasteiger partial charge in [0.15, 0.2) is 0 Å². The van der Waals surface area contributed by atoms with Crippen LogP contribution in [0.2, 0.25) is 0 Å². The lowest BCUT2D eigenvalue weighted by Crippen LogP contribution is -2.27. The van der Waals surface area contributed by atoms with Crippen LogP contribution in [0.4, 0.5) is 8.78 Å². The predicted molar refractivity (Wildman–Crippen MR) is 46.3 cm³/mol. The Balaban J connectivity index is 3.45. The third kappa shape index (κ3) is 2.58. The summed E-state index contributed by atoms with van der Waals surface area (Å²) in [6.45, 7) is 0. The second kappa shape index (κ2) is 3.87. The molecule has 0 aliphatic rings. The Hall–Kier alpha value is -1.41. The highest BCUT2D eigenvalue weighted by Gasteiger charge is 2.37. The van der Waals surface area contributed by atoms with Crippen molar-refractivity contribution in [2.75, 3.05) is 0 Å². The number of halogens is 2. The Morgan fingerprint density at radius 3 is 1.88 bits per heavy atom. The van der Waals surface area contributed by atoms with Crippen LogP contribution in [0.3, 0.4) is 0 Å². The smallest absolute Gasteiger partial charge is 0.336 e. The fourth-order valence-corrected chi connectivity index (χ4v) is 1.18. The molecule has 0 spiro atoms. The van der Waals surface area contributed by atoms with Gasteiger partial charge in [0.25, 0.3) is 0 Å². The molecular weight excluding hydrogens is 226 g/mol. The summed E-state index contributed by atoms with van der Waals surface area (Å²) in [5.74, 6) is 0. The lowest BCUT2D eigenvalue weighted by Gasteiger charge is -2.20. The van der Waals surface area contributed by atoms with E-state index in [9.17, 15) is 13.6 Å². The van der Waals surface area contributed by atoms with Crippen molar-refractivity contribution in [1.29, 1.82) is 0 Å². The van der Waals surface area contributed by atoms with E-state index in [0.29, 0.717) is 12.1 Å². The van der Waals surface area contributed by atoms with Crippen molar-refractivity contribution in [3.8, 4) is 0 Å². The molecular formula is C9H8F2O5. The van der Waals surface area contributed by atoms with Gasteiger partial charge in [-0.25, -0.2) is 0 Å². The van der Waals surface area contributed by atoms with Crippen LogP contribution < -0.4 is 0 Å². The van der Waals surface area contributed by atoms with Gasteiger partial charge in [-0.05, 0) is 12.1 Å². The van der Waals surface area contributed by atoms with E-state index >= 15 is 0 Å². The zero-order chi connectivity index (χ0) is 12.6. The SMILES string of the molecule is O=Cc1ccc(C(O)(O)F)c(C(O)(O)F)c1. The minimum Gasteiger partial charge on any atom is -0.336 e. The summed E-state index contributed by atoms with van der Waals surface area (Å²) in [4.78, 5) is 10.3. The summed E-state index contributed by atoms with van der Waals surface area (Å²) < 4.78 is 25.6. The first-order valence-electron chi connectivity index (χ1n) is 4.03. The Bertz CT molecular complexity index is 405. The molecule has 0 aliphatic carbocycles. The highest BCUT2D eigenvalue weighted by molar-refractivity contribution is 5.75. The van der Waals surface area contributed by atoms with Gasteiger partial charge < -0.3 is 20.4 Å². The summed E-state index contributed by atoms with van der Waals surface area (Å²) in [6.07, 6.45) is 0.244. The molecule has 0 heterocycles. The zero-order valence-corrected chi connectivity index (χ0v) is 7.76. The Kier molecular flexibility index (Phi) is 3.06. The van der Waals surface area contributed by atoms with Crippen LogP contribution in [-0.4, -0.2) is 26.7 Å². The first-order chi connectivity index (χ1) is 7.16. The summed E-state index contributed by atoms with van der Waals surface area (Å²) in [5, 5.41) is 34.5. The summed E-state index contributed by atoms with van der Waals surface area (Å²) in [6, 6.07) is -5.74. The van der Waals surface area contributed by atoms with Crippen LogP contribution >= 0.6 is 0 Å². The van der Waals surface area contributed by atoms with Crippen LogP contribution in [0.25, 0.3) is 0 Å². The van der Waals surface area contributed by atoms with E-state index in [2.05, 4.69) is 0 Å². The number of aliphatic hydroxyl groups is 4. The van der Waals surface area contributed by atoms with Crippen molar-refractivity contribution in [2.45, 2.75) is 12.1 Å². The third-order valence-corrected chi connectivity index (χ3v) is 1.87. The molecule has 0 radical (unpaired) electrons. The number of hydrogen-bond donors (Lipinski definition) is 4. The van der Waals surface area contributed by atoms with E-state index in [4.69, 9.17) is 20.4 Å². The Morgan fingerprint density at radius 1 is 1.00 bits per heavy atom. The van der Waals surface area contributed by atoms with Gasteiger partial charge in [-0.3, -0.25) is 4.79 Å². The average Bonchev–Trinajstić information content (AvgIpc) is 2.14. The van der Waals surface area contributed by atoms with Gasteiger partial charge in [0.1, 0.15) is 6.29 Å². The number of carbonyl (C=O) groups is 1. The molecule has 0 fully saturated rings. The van der Waals surface area contributed by atoms with Crippen molar-refractivity contribution in [3.63, 3.8) is 0 Å². The second-order valence-electron chi connectivity index (χ2n) is 3.10. The van der Waals surface area contributed by atoms with Crippen molar-refractivity contribution >= 4 is 6.29 Å². The summed E-state index contributed by atoms with van der Waals surface area (Å²) in [5.41, 5.74) is -2.46. The summed E-state index contributed by atoms with van der Waals surface area (Å²) in [7, 11) is 0. The quantitative estimate of drug-likeness (QED) is 0.422. The zero-order valence-electron chi connectivity index (χ0n) is 7.76. The third-order valence-electron chi connectivity index (χ3n) is 1.87. The summed E-state index contributed by atoms with van der Waals surface area (Å²) >= 11 is 0. The van der Waals surface area contributed by atoms with Crippen molar-refractivity contribution in [3.05, 3.63) is 34.9 Å². The molecule has 5 nitrogen and oxygen atoms in total. The number of benzene rings is 1. The van der Waals surface area contributed by atoms with Crippen molar-refractivity contribution in [1.82, 2.24) is 0 Å². The lowest BCUT2D eigenvalue weighted by molar-refractivity contribution is -0.290. The molecule has 7 heteroatoms. The average molecular weight is 234 g/mol. The number of aldehydes is 1. The van der Waals surface area contributed by atoms with E-state index in [1.165, 1.54) is 0 Å². The van der Waals surface area contributed by atoms with E-state index in [1.54, 1.807) is 0 Å². The maximum absolute atomic E-state index is 12.8. The molecule has 1 aromatic carbocycles. The van der Waals surface area contributed by atoms with Gasteiger partial charge in [-0.1, -0.05) is 6.07 Å². The molecule has 0 atom stereocenters. The maximum atomic E-state index is 12.8. The van der Waals surface area contributed by atoms with Gasteiger partial charge >= 0.3 is 12.1 Å². The first kappa shape index (κ1) is 12.7. The van der Waals surface area contributed by atoms with E-state index in [0.717, 1.165) is 6.07 Å². The molecule has 0 saturated carbocycles. The molecule has 88 valence electrons. The Morgan fingerprint density at radius 2 is 1.50 bits per heavy atom. The van der Waals surface area contributed by atoms with Gasteiger partial charge in [0.2, 0.25) is 0 Å². The van der Waals surface area contributed by atoms with Crippen LogP contribution in [0, 0.1) is 0 Å². The molecule has 4 N–H and O–H groups in total. The lowest BCUT2D eigenvalue weighted by atomic mass is 10.0.